The third-order valence-corrected chi connectivity index (χ3v) is 3.86. The number of amides is 2. The van der Waals surface area contributed by atoms with Gasteiger partial charge < -0.3 is 0 Å². The molecule has 0 fully saturated rings. The monoisotopic (exact) mass is 351 g/mol. The van der Waals surface area contributed by atoms with Crippen molar-refractivity contribution in [2.75, 3.05) is 0 Å². The zero-order valence-electron chi connectivity index (χ0n) is 14.1. The molecule has 2 amide bonds. The Hall–Kier alpha value is -3.55. The first-order valence-electron chi connectivity index (χ1n) is 8.01. The van der Waals surface area contributed by atoms with Crippen molar-refractivity contribution in [3.8, 4) is 0 Å². The molecule has 0 saturated carbocycles. The number of carbonyl (C=O) groups is 2. The molecule has 0 radical (unpaired) electrons. The van der Waals surface area contributed by atoms with E-state index in [0.717, 1.165) is 0 Å². The molecule has 0 saturated heterocycles. The zero-order valence-corrected chi connectivity index (χ0v) is 14.1. The SMILES string of the molecule is Cn1c(CCC(=O)NNC(=O)c2ccccn2)nc2ccccc2c1=O. The molecule has 26 heavy (non-hydrogen) atoms. The highest BCUT2D eigenvalue weighted by atomic mass is 16.2. The molecular weight excluding hydrogens is 334 g/mol. The number of hydrogen-bond donors (Lipinski definition) is 2. The molecule has 0 atom stereocenters. The lowest BCUT2D eigenvalue weighted by Crippen LogP contribution is -2.42. The zero-order chi connectivity index (χ0) is 18.5. The summed E-state index contributed by atoms with van der Waals surface area (Å²) in [5, 5.41) is 0.533. The number of pyridine rings is 1. The fourth-order valence-corrected chi connectivity index (χ4v) is 2.46. The van der Waals surface area contributed by atoms with Crippen LogP contribution in [0.1, 0.15) is 22.7 Å². The summed E-state index contributed by atoms with van der Waals surface area (Å²) >= 11 is 0. The molecule has 0 unspecified atom stereocenters. The second kappa shape index (κ2) is 7.56. The topological polar surface area (TPSA) is 106 Å². The van der Waals surface area contributed by atoms with Gasteiger partial charge in [0.1, 0.15) is 11.5 Å². The number of rotatable bonds is 4. The van der Waals surface area contributed by atoms with E-state index in [-0.39, 0.29) is 24.1 Å². The van der Waals surface area contributed by atoms with Crippen molar-refractivity contribution in [1.29, 1.82) is 0 Å². The number of aryl methyl sites for hydroxylation is 1. The van der Waals surface area contributed by atoms with Gasteiger partial charge in [-0.25, -0.2) is 4.98 Å². The average molecular weight is 351 g/mol. The number of para-hydroxylation sites is 1. The number of carbonyl (C=O) groups excluding carboxylic acids is 2. The molecule has 2 heterocycles. The predicted molar refractivity (Wildman–Crippen MR) is 95.2 cm³/mol. The summed E-state index contributed by atoms with van der Waals surface area (Å²) in [4.78, 5) is 44.4. The predicted octanol–water partition coefficient (Wildman–Crippen LogP) is 0.722. The van der Waals surface area contributed by atoms with Crippen LogP contribution >= 0.6 is 0 Å². The number of nitrogens with one attached hydrogen (secondary N) is 2. The van der Waals surface area contributed by atoms with Gasteiger partial charge in [0.05, 0.1) is 10.9 Å². The van der Waals surface area contributed by atoms with Crippen LogP contribution in [0, 0.1) is 0 Å². The smallest absolute Gasteiger partial charge is 0.288 e. The molecule has 2 aromatic heterocycles. The number of hydrogen-bond acceptors (Lipinski definition) is 5. The van der Waals surface area contributed by atoms with Crippen molar-refractivity contribution in [3.05, 3.63) is 70.5 Å². The molecule has 132 valence electrons. The average Bonchev–Trinajstić information content (AvgIpc) is 2.68. The van der Waals surface area contributed by atoms with E-state index in [1.807, 2.05) is 0 Å². The molecule has 8 heteroatoms. The summed E-state index contributed by atoms with van der Waals surface area (Å²) in [5.74, 6) is -0.397. The summed E-state index contributed by atoms with van der Waals surface area (Å²) in [6.45, 7) is 0. The Bertz CT molecular complexity index is 1010. The van der Waals surface area contributed by atoms with Gasteiger partial charge in [-0.15, -0.1) is 0 Å². The Morgan fingerprint density at radius 2 is 1.85 bits per heavy atom. The van der Waals surface area contributed by atoms with Crippen molar-refractivity contribution in [1.82, 2.24) is 25.4 Å². The van der Waals surface area contributed by atoms with Crippen LogP contribution in [0.25, 0.3) is 10.9 Å². The van der Waals surface area contributed by atoms with E-state index >= 15 is 0 Å². The van der Waals surface area contributed by atoms with E-state index in [9.17, 15) is 14.4 Å². The molecule has 8 nitrogen and oxygen atoms in total. The van der Waals surface area contributed by atoms with Gasteiger partial charge >= 0.3 is 0 Å². The van der Waals surface area contributed by atoms with Crippen LogP contribution in [-0.4, -0.2) is 26.3 Å². The van der Waals surface area contributed by atoms with Crippen LogP contribution < -0.4 is 16.4 Å². The summed E-state index contributed by atoms with van der Waals surface area (Å²) in [6, 6.07) is 12.0. The molecule has 0 aliphatic carbocycles. The van der Waals surface area contributed by atoms with Gasteiger partial charge in [-0.1, -0.05) is 18.2 Å². The minimum atomic E-state index is -0.504. The van der Waals surface area contributed by atoms with Crippen LogP contribution in [0.2, 0.25) is 0 Å². The summed E-state index contributed by atoms with van der Waals surface area (Å²) in [6.07, 6.45) is 1.83. The van der Waals surface area contributed by atoms with Gasteiger partial charge in [-0.3, -0.25) is 34.8 Å². The highest BCUT2D eigenvalue weighted by molar-refractivity contribution is 5.93. The summed E-state index contributed by atoms with van der Waals surface area (Å²) in [7, 11) is 1.62. The highest BCUT2D eigenvalue weighted by Crippen LogP contribution is 2.08. The normalized spacial score (nSPS) is 10.5. The number of fused-ring (bicyclic) bond motifs is 1. The van der Waals surface area contributed by atoms with E-state index in [1.54, 1.807) is 43.4 Å². The number of nitrogens with zero attached hydrogens (tertiary/aromatic N) is 3. The standard InChI is InChI=1S/C18H17N5O3/c1-23-15(20-13-7-3-2-6-12(13)18(23)26)9-10-16(24)21-22-17(25)14-8-4-5-11-19-14/h2-8,11H,9-10H2,1H3,(H,21,24)(H,22,25). The molecule has 3 rings (SSSR count). The summed E-state index contributed by atoms with van der Waals surface area (Å²) < 4.78 is 1.43. The van der Waals surface area contributed by atoms with E-state index in [2.05, 4.69) is 20.8 Å². The van der Waals surface area contributed by atoms with Crippen LogP contribution in [0.4, 0.5) is 0 Å². The maximum atomic E-state index is 12.3. The number of hydrazine groups is 1. The lowest BCUT2D eigenvalue weighted by molar-refractivity contribution is -0.121. The summed E-state index contributed by atoms with van der Waals surface area (Å²) in [5.41, 5.74) is 5.26. The quantitative estimate of drug-likeness (QED) is 0.674. The third-order valence-electron chi connectivity index (χ3n) is 3.86. The van der Waals surface area contributed by atoms with Crippen LogP contribution in [-0.2, 0) is 18.3 Å². The van der Waals surface area contributed by atoms with Crippen molar-refractivity contribution in [2.24, 2.45) is 7.05 Å². The fourth-order valence-electron chi connectivity index (χ4n) is 2.46. The van der Waals surface area contributed by atoms with Gasteiger partial charge in [0.25, 0.3) is 11.5 Å². The fraction of sp³-hybridized carbons (Fsp3) is 0.167. The first kappa shape index (κ1) is 17.3. The van der Waals surface area contributed by atoms with Crippen molar-refractivity contribution in [3.63, 3.8) is 0 Å². The lowest BCUT2D eigenvalue weighted by atomic mass is 10.2. The molecule has 3 aromatic rings. The van der Waals surface area contributed by atoms with Crippen molar-refractivity contribution < 1.29 is 9.59 Å². The first-order valence-corrected chi connectivity index (χ1v) is 8.01. The lowest BCUT2D eigenvalue weighted by Gasteiger charge is -2.10. The molecule has 0 aliphatic heterocycles. The van der Waals surface area contributed by atoms with Gasteiger partial charge in [0.15, 0.2) is 0 Å². The van der Waals surface area contributed by atoms with E-state index in [0.29, 0.717) is 16.7 Å². The molecule has 1 aromatic carbocycles. The van der Waals surface area contributed by atoms with E-state index < -0.39 is 11.8 Å². The van der Waals surface area contributed by atoms with Crippen LogP contribution in [0.3, 0.4) is 0 Å². The van der Waals surface area contributed by atoms with Crippen LogP contribution in [0.5, 0.6) is 0 Å². The molecule has 0 aliphatic rings. The Balaban J connectivity index is 1.61. The minimum absolute atomic E-state index is 0.0706. The van der Waals surface area contributed by atoms with E-state index in [4.69, 9.17) is 0 Å². The second-order valence-electron chi connectivity index (χ2n) is 5.63. The minimum Gasteiger partial charge on any atom is -0.299 e. The number of benzene rings is 1. The maximum Gasteiger partial charge on any atom is 0.288 e. The van der Waals surface area contributed by atoms with Gasteiger partial charge in [-0.05, 0) is 24.3 Å². The van der Waals surface area contributed by atoms with Crippen molar-refractivity contribution >= 4 is 22.7 Å². The first-order chi connectivity index (χ1) is 12.6. The van der Waals surface area contributed by atoms with Crippen LogP contribution in [0.15, 0.2) is 53.5 Å². The molecule has 0 bridgehead atoms. The Labute approximate surface area is 148 Å². The number of aromatic nitrogens is 3. The Morgan fingerprint density at radius 3 is 2.62 bits per heavy atom. The largest absolute Gasteiger partial charge is 0.299 e. The Kier molecular flexibility index (Phi) is 5.02. The van der Waals surface area contributed by atoms with Gasteiger partial charge in [-0.2, -0.15) is 0 Å². The Morgan fingerprint density at radius 1 is 1.08 bits per heavy atom. The molecular formula is C18H17N5O3. The van der Waals surface area contributed by atoms with Gasteiger partial charge in [0, 0.05) is 26.1 Å². The second-order valence-corrected chi connectivity index (χ2v) is 5.63. The molecule has 2 N–H and O–H groups in total. The maximum absolute atomic E-state index is 12.3. The molecule has 0 spiro atoms. The highest BCUT2D eigenvalue weighted by Gasteiger charge is 2.11. The van der Waals surface area contributed by atoms with E-state index in [1.165, 1.54) is 16.8 Å². The third kappa shape index (κ3) is 3.75. The van der Waals surface area contributed by atoms with Gasteiger partial charge in [0.2, 0.25) is 5.91 Å². The van der Waals surface area contributed by atoms with Crippen molar-refractivity contribution in [2.45, 2.75) is 12.8 Å².